The van der Waals surface area contributed by atoms with E-state index in [-0.39, 0.29) is 11.7 Å². The normalized spacial score (nSPS) is 20.8. The number of carbonyl (C=O) groups is 1. The maximum Gasteiger partial charge on any atom is 0.258 e. The first kappa shape index (κ1) is 19.0. The van der Waals surface area contributed by atoms with Gasteiger partial charge in [0.05, 0.1) is 6.61 Å². The number of ether oxygens (including phenoxy) is 1. The Bertz CT molecular complexity index is 610. The van der Waals surface area contributed by atoms with Gasteiger partial charge in [0.15, 0.2) is 17.8 Å². The van der Waals surface area contributed by atoms with E-state index in [0.717, 1.165) is 32.1 Å². The van der Waals surface area contributed by atoms with E-state index < -0.39 is 0 Å². The molecule has 0 atom stereocenters. The first-order valence-corrected chi connectivity index (χ1v) is 8.76. The van der Waals surface area contributed by atoms with Crippen molar-refractivity contribution < 1.29 is 19.3 Å². The Kier molecular flexibility index (Phi) is 7.44. The van der Waals surface area contributed by atoms with Gasteiger partial charge in [-0.3, -0.25) is 10.2 Å². The van der Waals surface area contributed by atoms with E-state index in [0.29, 0.717) is 36.3 Å². The topological polar surface area (TPSA) is 89.9 Å². The van der Waals surface area contributed by atoms with E-state index >= 15 is 0 Å². The maximum absolute atomic E-state index is 13.5. The van der Waals surface area contributed by atoms with Gasteiger partial charge in [-0.25, -0.2) is 4.39 Å². The van der Waals surface area contributed by atoms with E-state index in [1.165, 1.54) is 18.5 Å². The predicted octanol–water partition coefficient (Wildman–Crippen LogP) is 1.19. The highest BCUT2D eigenvalue weighted by Gasteiger charge is 2.22. The van der Waals surface area contributed by atoms with Crippen LogP contribution in [0.1, 0.15) is 32.1 Å². The second-order valence-corrected chi connectivity index (χ2v) is 6.45. The number of hydrogen-bond acceptors (Lipinski definition) is 3. The van der Waals surface area contributed by atoms with Crippen LogP contribution in [0.2, 0.25) is 0 Å². The van der Waals surface area contributed by atoms with E-state index in [1.54, 1.807) is 18.2 Å². The van der Waals surface area contributed by atoms with Gasteiger partial charge in [0.25, 0.3) is 5.91 Å². The summed E-state index contributed by atoms with van der Waals surface area (Å²) in [4.78, 5) is 11.8. The summed E-state index contributed by atoms with van der Waals surface area (Å²) < 4.78 is 19.0. The van der Waals surface area contributed by atoms with Gasteiger partial charge < -0.3 is 15.8 Å². The summed E-state index contributed by atoms with van der Waals surface area (Å²) in [5.74, 6) is 0.840. The molecule has 1 fully saturated rings. The molecule has 0 aliphatic heterocycles. The van der Waals surface area contributed by atoms with Gasteiger partial charge in [0.1, 0.15) is 5.57 Å². The van der Waals surface area contributed by atoms with Crippen molar-refractivity contribution in [3.63, 3.8) is 0 Å². The zero-order valence-electron chi connectivity index (χ0n) is 14.4. The first-order valence-electron chi connectivity index (χ1n) is 8.76. The van der Waals surface area contributed by atoms with Crippen molar-refractivity contribution in [1.82, 2.24) is 5.32 Å². The molecule has 5 N–H and O–H groups in total. The number of para-hydroxylation sites is 1. The molecule has 0 heterocycles. The van der Waals surface area contributed by atoms with Crippen molar-refractivity contribution in [1.29, 1.82) is 0 Å². The molecule has 1 amide bonds. The number of rotatable bonds is 8. The molecule has 2 rings (SSSR count). The molecular weight excluding hydrogens is 321 g/mol. The summed E-state index contributed by atoms with van der Waals surface area (Å²) in [6, 6.07) is 6.48. The molecular formula is C19H27FN3O2+. The number of nitrogens with one attached hydrogen (secondary N) is 1. The molecule has 1 aromatic rings. The molecule has 5 nitrogen and oxygen atoms in total. The average Bonchev–Trinajstić information content (AvgIpc) is 2.63. The van der Waals surface area contributed by atoms with Crippen LogP contribution in [0, 0.1) is 17.7 Å². The lowest BCUT2D eigenvalue weighted by atomic mass is 9.80. The van der Waals surface area contributed by atoms with Crippen molar-refractivity contribution in [2.45, 2.75) is 32.1 Å². The standard InChI is InChI=1S/C19H26FN3O2/c20-17-3-1-2-4-18(17)25-10-9-14-5-7-15(8-6-14)13-23-19(24)16(11-21)12-22/h1-4,11-12,14-15,21H,5-10,13,22H2,(H,23,24)/p+1/b16-12+,21-11?. The van der Waals surface area contributed by atoms with Crippen molar-refractivity contribution >= 4 is 12.1 Å². The fraction of sp³-hybridized carbons (Fsp3) is 0.474. The number of amides is 1. The van der Waals surface area contributed by atoms with Crippen LogP contribution in [0.5, 0.6) is 5.75 Å². The van der Waals surface area contributed by atoms with Crippen LogP contribution in [0.3, 0.4) is 0 Å². The third kappa shape index (κ3) is 5.89. The molecule has 1 aliphatic carbocycles. The summed E-state index contributed by atoms with van der Waals surface area (Å²) in [7, 11) is 0. The smallest absolute Gasteiger partial charge is 0.258 e. The molecule has 0 unspecified atom stereocenters. The Morgan fingerprint density at radius 1 is 1.28 bits per heavy atom. The molecule has 6 heteroatoms. The molecule has 136 valence electrons. The lowest BCUT2D eigenvalue weighted by molar-refractivity contribution is -0.119. The molecule has 0 saturated heterocycles. The van der Waals surface area contributed by atoms with Crippen LogP contribution in [-0.2, 0) is 4.79 Å². The summed E-state index contributed by atoms with van der Waals surface area (Å²) in [5.41, 5.74) is 5.63. The van der Waals surface area contributed by atoms with Crippen LogP contribution in [0.25, 0.3) is 0 Å². The van der Waals surface area contributed by atoms with Crippen molar-refractivity contribution in [3.05, 3.63) is 41.9 Å². The molecule has 0 radical (unpaired) electrons. The molecule has 1 saturated carbocycles. The Labute approximate surface area is 147 Å². The minimum absolute atomic E-state index is 0.231. The predicted molar refractivity (Wildman–Crippen MR) is 95.2 cm³/mol. The van der Waals surface area contributed by atoms with E-state index in [4.69, 9.17) is 15.9 Å². The number of nitrogens with two attached hydrogens (primary N) is 2. The van der Waals surface area contributed by atoms with Gasteiger partial charge in [0, 0.05) is 12.7 Å². The Hall–Kier alpha value is -2.37. The number of halogens is 1. The largest absolute Gasteiger partial charge is 0.491 e. The van der Waals surface area contributed by atoms with Crippen LogP contribution >= 0.6 is 0 Å². The van der Waals surface area contributed by atoms with Gasteiger partial charge in [-0.2, -0.15) is 0 Å². The van der Waals surface area contributed by atoms with Gasteiger partial charge in [-0.15, -0.1) is 0 Å². The minimum atomic E-state index is -0.317. The van der Waals surface area contributed by atoms with Crippen molar-refractivity contribution in [2.75, 3.05) is 13.2 Å². The quantitative estimate of drug-likeness (QED) is 0.487. The zero-order chi connectivity index (χ0) is 18.1. The Balaban J connectivity index is 1.64. The highest BCUT2D eigenvalue weighted by Crippen LogP contribution is 2.30. The van der Waals surface area contributed by atoms with Gasteiger partial charge in [0.2, 0.25) is 0 Å². The SMILES string of the molecule is N/C=C(\C=[NH2+])C(=O)NCC1CCC(CCOc2ccccc2F)CC1. The molecule has 0 bridgehead atoms. The second-order valence-electron chi connectivity index (χ2n) is 6.45. The summed E-state index contributed by atoms with van der Waals surface area (Å²) >= 11 is 0. The Morgan fingerprint density at radius 3 is 2.60 bits per heavy atom. The van der Waals surface area contributed by atoms with Gasteiger partial charge >= 0.3 is 0 Å². The third-order valence-electron chi connectivity index (χ3n) is 4.76. The van der Waals surface area contributed by atoms with Crippen molar-refractivity contribution in [3.8, 4) is 5.75 Å². The fourth-order valence-electron chi connectivity index (χ4n) is 3.17. The third-order valence-corrected chi connectivity index (χ3v) is 4.76. The minimum Gasteiger partial charge on any atom is -0.491 e. The summed E-state index contributed by atoms with van der Waals surface area (Å²) in [6.45, 7) is 1.17. The molecule has 1 aromatic carbocycles. The zero-order valence-corrected chi connectivity index (χ0v) is 14.4. The summed E-state index contributed by atoms with van der Waals surface area (Å²) in [6.07, 6.45) is 7.68. The van der Waals surface area contributed by atoms with E-state index in [2.05, 4.69) is 5.32 Å². The number of hydrogen-bond donors (Lipinski definition) is 3. The summed E-state index contributed by atoms with van der Waals surface area (Å²) in [5, 5.41) is 8.21. The molecule has 0 spiro atoms. The molecule has 0 aromatic heterocycles. The average molecular weight is 348 g/mol. The van der Waals surface area contributed by atoms with Gasteiger partial charge in [-0.1, -0.05) is 12.1 Å². The van der Waals surface area contributed by atoms with Crippen LogP contribution in [0.4, 0.5) is 4.39 Å². The molecule has 1 aliphatic rings. The van der Waals surface area contributed by atoms with Crippen LogP contribution in [0.15, 0.2) is 36.0 Å². The number of benzene rings is 1. The molecule has 25 heavy (non-hydrogen) atoms. The van der Waals surface area contributed by atoms with E-state index in [1.807, 2.05) is 0 Å². The van der Waals surface area contributed by atoms with E-state index in [9.17, 15) is 9.18 Å². The lowest BCUT2D eigenvalue weighted by Crippen LogP contribution is -2.38. The second kappa shape index (κ2) is 9.81. The highest BCUT2D eigenvalue weighted by molar-refractivity contribution is 6.10. The highest BCUT2D eigenvalue weighted by atomic mass is 19.1. The maximum atomic E-state index is 13.5. The monoisotopic (exact) mass is 348 g/mol. The number of carbonyl (C=O) groups excluding carboxylic acids is 1. The first-order chi connectivity index (χ1) is 12.1. The Morgan fingerprint density at radius 2 is 1.96 bits per heavy atom. The van der Waals surface area contributed by atoms with Crippen LogP contribution in [-0.4, -0.2) is 25.3 Å². The van der Waals surface area contributed by atoms with Crippen LogP contribution < -0.4 is 21.2 Å². The van der Waals surface area contributed by atoms with Gasteiger partial charge in [-0.05, 0) is 56.1 Å². The fourth-order valence-corrected chi connectivity index (χ4v) is 3.17. The lowest BCUT2D eigenvalue weighted by Gasteiger charge is -2.28. The van der Waals surface area contributed by atoms with Crippen molar-refractivity contribution in [2.24, 2.45) is 17.6 Å².